The monoisotopic (exact) mass is 1070 g/mol. The van der Waals surface area contributed by atoms with Gasteiger partial charge in [0.05, 0.1) is 42.1 Å². The van der Waals surface area contributed by atoms with E-state index in [2.05, 4.69) is 40.2 Å². The van der Waals surface area contributed by atoms with Crippen molar-refractivity contribution in [1.82, 2.24) is 35.6 Å². The number of aliphatic hydroxyl groups excluding tert-OH is 1. The molecule has 0 bridgehead atoms. The van der Waals surface area contributed by atoms with Crippen molar-refractivity contribution in [3.63, 3.8) is 0 Å². The van der Waals surface area contributed by atoms with E-state index in [4.69, 9.17) is 37.9 Å². The van der Waals surface area contributed by atoms with Crippen LogP contribution in [0.25, 0.3) is 11.3 Å². The smallest absolute Gasteiger partial charge is 0.458 e. The second-order valence-electron chi connectivity index (χ2n) is 23.3. The molecular formula is C55H89N7O14. The molecule has 428 valence electrons. The lowest BCUT2D eigenvalue weighted by atomic mass is 9.75. The highest BCUT2D eigenvalue weighted by Crippen LogP contribution is 2.44. The number of nitrogens with zero attached hydrogens (tertiary/aromatic N) is 5. The number of unbranched alkanes of at least 4 members (excludes halogenated alkanes) is 1. The minimum atomic E-state index is -1.60. The summed E-state index contributed by atoms with van der Waals surface area (Å²) in [5.41, 5.74) is 3.39. The Morgan fingerprint density at radius 2 is 1.66 bits per heavy atom. The van der Waals surface area contributed by atoms with E-state index in [-0.39, 0.29) is 55.8 Å². The normalized spacial score (nSPS) is 37.9. The summed E-state index contributed by atoms with van der Waals surface area (Å²) in [5.74, 6) is -3.46. The maximum atomic E-state index is 14.9. The van der Waals surface area contributed by atoms with Crippen molar-refractivity contribution in [2.45, 2.75) is 218 Å². The first-order valence-corrected chi connectivity index (χ1v) is 27.4. The molecule has 4 N–H and O–H groups in total. The minimum absolute atomic E-state index is 0.161. The van der Waals surface area contributed by atoms with Gasteiger partial charge in [0.2, 0.25) is 0 Å². The number of amides is 2. The number of aliphatic hydroxyl groups is 2. The Kier molecular flexibility index (Phi) is 20.4. The van der Waals surface area contributed by atoms with Crippen LogP contribution in [0.3, 0.4) is 0 Å². The summed E-state index contributed by atoms with van der Waals surface area (Å²) in [4.78, 5) is 58.2. The molecule has 21 heteroatoms. The third kappa shape index (κ3) is 14.2. The van der Waals surface area contributed by atoms with Gasteiger partial charge in [-0.3, -0.25) is 19.9 Å². The third-order valence-corrected chi connectivity index (χ3v) is 16.7. The number of carbonyl (C=O) groups is 4. The number of aromatic nitrogens is 3. The summed E-state index contributed by atoms with van der Waals surface area (Å²) in [7, 11) is 7.20. The molecule has 3 saturated heterocycles. The van der Waals surface area contributed by atoms with Gasteiger partial charge < -0.3 is 53.0 Å². The molecule has 76 heavy (non-hydrogen) atoms. The van der Waals surface area contributed by atoms with Crippen molar-refractivity contribution in [2.24, 2.45) is 23.7 Å². The Morgan fingerprint density at radius 1 is 0.961 bits per heavy atom. The van der Waals surface area contributed by atoms with Gasteiger partial charge in [0, 0.05) is 43.6 Å². The molecular weight excluding hydrogens is 983 g/mol. The molecule has 1 aliphatic carbocycles. The highest BCUT2D eigenvalue weighted by molar-refractivity contribution is 5.79. The zero-order valence-corrected chi connectivity index (χ0v) is 47.6. The van der Waals surface area contributed by atoms with Gasteiger partial charge in [0.1, 0.15) is 36.2 Å². The Morgan fingerprint density at radius 3 is 2.30 bits per heavy atom. The van der Waals surface area contributed by atoms with Crippen LogP contribution in [0, 0.1) is 23.7 Å². The zero-order valence-electron chi connectivity index (χ0n) is 47.6. The van der Waals surface area contributed by atoms with Gasteiger partial charge in [-0.1, -0.05) is 70.5 Å². The number of methoxy groups -OCH3 is 1. The number of fused-ring (bicyclic) bond motifs is 1. The first-order chi connectivity index (χ1) is 35.7. The number of ether oxygens (including phenoxy) is 8. The predicted molar refractivity (Wildman–Crippen MR) is 280 cm³/mol. The van der Waals surface area contributed by atoms with E-state index in [1.165, 1.54) is 17.4 Å². The van der Waals surface area contributed by atoms with Gasteiger partial charge >= 0.3 is 18.2 Å². The number of rotatable bonds is 14. The molecule has 21 nitrogen and oxygen atoms in total. The summed E-state index contributed by atoms with van der Waals surface area (Å²) in [6, 6.07) is 7.39. The summed E-state index contributed by atoms with van der Waals surface area (Å²) in [5, 5.41) is 33.0. The van der Waals surface area contributed by atoms with Gasteiger partial charge in [-0.15, -0.1) is 5.10 Å². The molecule has 2 amide bonds. The molecule has 0 radical (unpaired) electrons. The lowest BCUT2D eigenvalue weighted by Gasteiger charge is -2.49. The fraction of sp³-hybridized carbons (Fsp3) is 0.782. The summed E-state index contributed by atoms with van der Waals surface area (Å²) >= 11 is 0. The Balaban J connectivity index is 1.23. The predicted octanol–water partition coefficient (Wildman–Crippen LogP) is 5.81. The van der Waals surface area contributed by atoms with Crippen LogP contribution in [0.2, 0.25) is 0 Å². The van der Waals surface area contributed by atoms with Crippen LogP contribution in [0.4, 0.5) is 9.59 Å². The van der Waals surface area contributed by atoms with Crippen LogP contribution in [-0.2, 0) is 60.4 Å². The van der Waals surface area contributed by atoms with Gasteiger partial charge in [-0.05, 0) is 119 Å². The maximum Gasteiger partial charge on any atom is 0.509 e. The molecule has 1 aromatic heterocycles. The van der Waals surface area contributed by atoms with Crippen LogP contribution in [-0.4, -0.2) is 178 Å². The highest BCUT2D eigenvalue weighted by atomic mass is 16.8. The van der Waals surface area contributed by atoms with Crippen LogP contribution in [0.1, 0.15) is 127 Å². The van der Waals surface area contributed by atoms with E-state index in [1.807, 2.05) is 84.6 Å². The molecule has 4 aliphatic rings. The quantitative estimate of drug-likeness (QED) is 0.0990. The largest absolute Gasteiger partial charge is 0.509 e. The van der Waals surface area contributed by atoms with E-state index in [0.29, 0.717) is 25.1 Å². The summed E-state index contributed by atoms with van der Waals surface area (Å²) in [6.45, 7) is 20.9. The highest BCUT2D eigenvalue weighted by Gasteiger charge is 2.58. The molecule has 4 fully saturated rings. The topological polar surface area (TPSA) is 244 Å². The standard InChI is InChI=1S/C55H89N7O14/c1-16-18-19-37-20-22-38(23-21-37)39-29-62(59-56-39)30-44(63)57-58-51(66)73-43-24-32(4)41(27-54(43,10)69-15)71-46-34(6)47(74-50-45(64)40(60(12)13)25-33(5)70-50)53(9,68)26-31(3)28-61(14)36(8)48-55(11,76-52(67)75-48)42(17-2)72-49(65)35(46)7/h20-23,29,31-36,40-43,45-48,50,64,68H,16-19,24-28,30H2,1-15H3,(H,57,63)(H,58,66)/t31-,32+,33+,34+,35-,36-,40-,41+,42+,43+,45+,46-,47-,48-,50-,53+,54-,55-/m1/s1. The van der Waals surface area contributed by atoms with E-state index in [1.54, 1.807) is 33.9 Å². The second kappa shape index (κ2) is 25.5. The van der Waals surface area contributed by atoms with Crippen molar-refractivity contribution >= 4 is 24.1 Å². The number of cyclic esters (lactones) is 1. The molecule has 1 saturated carbocycles. The molecule has 0 spiro atoms. The van der Waals surface area contributed by atoms with E-state index in [9.17, 15) is 29.4 Å². The van der Waals surface area contributed by atoms with Crippen molar-refractivity contribution in [3.8, 4) is 11.3 Å². The van der Waals surface area contributed by atoms with Gasteiger partial charge in [-0.2, -0.15) is 0 Å². The van der Waals surface area contributed by atoms with E-state index >= 15 is 0 Å². The molecule has 3 aliphatic heterocycles. The number of carbonyl (C=O) groups excluding carboxylic acids is 4. The summed E-state index contributed by atoms with van der Waals surface area (Å²) in [6.07, 6.45) is -3.14. The lowest BCUT2D eigenvalue weighted by Crippen LogP contribution is -2.60. The van der Waals surface area contributed by atoms with Crippen LogP contribution < -0.4 is 10.9 Å². The number of nitrogens with one attached hydrogen (secondary N) is 2. The van der Waals surface area contributed by atoms with Crippen molar-refractivity contribution in [1.29, 1.82) is 0 Å². The van der Waals surface area contributed by atoms with Crippen molar-refractivity contribution in [2.75, 3.05) is 34.8 Å². The number of esters is 1. The van der Waals surface area contributed by atoms with Gasteiger partial charge in [-0.25, -0.2) is 19.7 Å². The molecule has 18 atom stereocenters. The van der Waals surface area contributed by atoms with Crippen molar-refractivity contribution in [3.05, 3.63) is 36.0 Å². The number of aryl methyl sites for hydroxylation is 1. The number of benzene rings is 1. The fourth-order valence-corrected chi connectivity index (χ4v) is 12.0. The lowest BCUT2D eigenvalue weighted by molar-refractivity contribution is -0.302. The summed E-state index contributed by atoms with van der Waals surface area (Å²) < 4.78 is 52.0. The fourth-order valence-electron chi connectivity index (χ4n) is 12.0. The molecule has 6 rings (SSSR count). The Bertz CT molecular complexity index is 2250. The number of likely N-dealkylation sites (N-methyl/N-ethyl adjacent to an activating group) is 2. The Labute approximate surface area is 449 Å². The SMILES string of the molecule is CCCCc1ccc(-c2cn(CC(=O)NNC(=O)O[C@H]3C[C@H](C)[C@@H](O[C@@H]4[C@H](C)[C@@H](O[C@H]5O[C@@H](C)C[C@@H](N(C)C)[C@@H]5O)[C@@](C)(O)C[C@@H](C)CN(C)[C@H](C)[C@H]5OC(=O)O[C@]5(C)[C@H](CC)OC(=O)[C@@H]4C)C[C@@]3(C)OC)nn2)cc1. The molecule has 1 aromatic carbocycles. The van der Waals surface area contributed by atoms with Crippen LogP contribution in [0.5, 0.6) is 0 Å². The molecule has 4 heterocycles. The second-order valence-corrected chi connectivity index (χ2v) is 23.3. The van der Waals surface area contributed by atoms with Gasteiger partial charge in [0.25, 0.3) is 5.91 Å². The minimum Gasteiger partial charge on any atom is -0.458 e. The first-order valence-electron chi connectivity index (χ1n) is 27.4. The first kappa shape index (κ1) is 60.7. The van der Waals surface area contributed by atoms with E-state index < -0.39 is 102 Å². The van der Waals surface area contributed by atoms with Crippen LogP contribution >= 0.6 is 0 Å². The van der Waals surface area contributed by atoms with E-state index in [0.717, 1.165) is 24.8 Å². The molecule has 0 unspecified atom stereocenters. The van der Waals surface area contributed by atoms with Gasteiger partial charge in [0.15, 0.2) is 18.0 Å². The maximum absolute atomic E-state index is 14.9. The number of hydrogen-bond acceptors (Lipinski definition) is 18. The zero-order chi connectivity index (χ0) is 56.0. The number of hydrogen-bond donors (Lipinski definition) is 4. The van der Waals surface area contributed by atoms with Crippen LogP contribution in [0.15, 0.2) is 30.5 Å². The number of hydrazine groups is 1. The molecule has 2 aromatic rings. The Hall–Kier alpha value is -4.48. The average Bonchev–Trinajstić information content (AvgIpc) is 3.96. The average molecular weight is 1070 g/mol. The third-order valence-electron chi connectivity index (χ3n) is 16.7. The van der Waals surface area contributed by atoms with Crippen molar-refractivity contribution < 1.29 is 67.3 Å².